The predicted octanol–water partition coefficient (Wildman–Crippen LogP) is 4.88. The summed E-state index contributed by atoms with van der Waals surface area (Å²) in [5, 5.41) is 0. The minimum atomic E-state index is -3.97. The Kier molecular flexibility index (Phi) is 5.34. The van der Waals surface area contributed by atoms with E-state index in [0.717, 1.165) is 22.6 Å². The first kappa shape index (κ1) is 17.4. The van der Waals surface area contributed by atoms with Crippen molar-refractivity contribution in [3.63, 3.8) is 0 Å². The third-order valence-corrected chi connectivity index (χ3v) is 4.72. The van der Waals surface area contributed by atoms with Crippen LogP contribution in [0.1, 0.15) is 5.56 Å². The van der Waals surface area contributed by atoms with Gasteiger partial charge in [0, 0.05) is 17.1 Å². The van der Waals surface area contributed by atoms with Crippen LogP contribution in [0, 0.1) is 0 Å². The standard InChI is InChI=1S/C20H20NO3P/c22-25(23,24)16-15-17-11-13-20(14-12-17)21(18-7-3-1-4-8-18)19-9-5-2-6-10-19/h1-14H,15-16H2,(H2,22,23,24). The number of hydrogen-bond donors (Lipinski definition) is 2. The minimum Gasteiger partial charge on any atom is -0.324 e. The molecule has 2 N–H and O–H groups in total. The summed E-state index contributed by atoms with van der Waals surface area (Å²) < 4.78 is 11.0. The van der Waals surface area contributed by atoms with Gasteiger partial charge >= 0.3 is 7.60 Å². The molecular weight excluding hydrogens is 333 g/mol. The zero-order valence-corrected chi connectivity index (χ0v) is 14.6. The topological polar surface area (TPSA) is 60.8 Å². The molecule has 0 aliphatic heterocycles. The van der Waals surface area contributed by atoms with E-state index in [1.165, 1.54) is 0 Å². The van der Waals surface area contributed by atoms with Crippen LogP contribution in [-0.2, 0) is 11.0 Å². The van der Waals surface area contributed by atoms with Crippen LogP contribution in [0.3, 0.4) is 0 Å². The molecule has 0 saturated heterocycles. The van der Waals surface area contributed by atoms with Crippen LogP contribution in [0.4, 0.5) is 17.1 Å². The number of nitrogens with zero attached hydrogens (tertiary/aromatic N) is 1. The van der Waals surface area contributed by atoms with Crippen molar-refractivity contribution in [3.8, 4) is 0 Å². The largest absolute Gasteiger partial charge is 0.325 e. The van der Waals surface area contributed by atoms with Gasteiger partial charge in [-0.15, -0.1) is 0 Å². The Balaban J connectivity index is 1.91. The molecule has 0 atom stereocenters. The molecule has 4 nitrogen and oxygen atoms in total. The van der Waals surface area contributed by atoms with Gasteiger partial charge in [-0.25, -0.2) is 0 Å². The summed E-state index contributed by atoms with van der Waals surface area (Å²) in [6.07, 6.45) is 0.231. The Hall–Kier alpha value is -2.39. The van der Waals surface area contributed by atoms with E-state index in [1.807, 2.05) is 60.7 Å². The quantitative estimate of drug-likeness (QED) is 0.620. The molecular formula is C20H20NO3P. The molecule has 0 fully saturated rings. The number of aryl methyl sites for hydroxylation is 1. The number of para-hydroxylation sites is 2. The number of rotatable bonds is 6. The van der Waals surface area contributed by atoms with Crippen molar-refractivity contribution in [1.29, 1.82) is 0 Å². The maximum Gasteiger partial charge on any atom is 0.325 e. The molecule has 0 aliphatic carbocycles. The molecule has 3 aromatic carbocycles. The third kappa shape index (κ3) is 4.80. The number of hydrogen-bond acceptors (Lipinski definition) is 2. The van der Waals surface area contributed by atoms with Gasteiger partial charge in [0.15, 0.2) is 0 Å². The Bertz CT molecular complexity index is 806. The smallest absolute Gasteiger partial charge is 0.324 e. The molecule has 0 aromatic heterocycles. The van der Waals surface area contributed by atoms with Gasteiger partial charge in [-0.1, -0.05) is 48.5 Å². The highest BCUT2D eigenvalue weighted by Gasteiger charge is 2.14. The maximum atomic E-state index is 11.0. The lowest BCUT2D eigenvalue weighted by Gasteiger charge is -2.25. The first-order valence-corrected chi connectivity index (χ1v) is 9.86. The van der Waals surface area contributed by atoms with Crippen molar-refractivity contribution in [1.82, 2.24) is 0 Å². The van der Waals surface area contributed by atoms with E-state index in [1.54, 1.807) is 0 Å². The first-order valence-electron chi connectivity index (χ1n) is 8.07. The lowest BCUT2D eigenvalue weighted by atomic mass is 10.1. The lowest BCUT2D eigenvalue weighted by Crippen LogP contribution is -2.09. The Morgan fingerprint density at radius 1 is 0.680 bits per heavy atom. The van der Waals surface area contributed by atoms with Crippen molar-refractivity contribution >= 4 is 24.7 Å². The molecule has 0 bridgehead atoms. The summed E-state index contributed by atoms with van der Waals surface area (Å²) in [4.78, 5) is 20.2. The Morgan fingerprint density at radius 3 is 1.56 bits per heavy atom. The molecule has 0 amide bonds. The molecule has 25 heavy (non-hydrogen) atoms. The van der Waals surface area contributed by atoms with Crippen molar-refractivity contribution in [2.45, 2.75) is 6.42 Å². The molecule has 128 valence electrons. The average molecular weight is 353 g/mol. The zero-order valence-electron chi connectivity index (χ0n) is 13.7. The van der Waals surface area contributed by atoms with Gasteiger partial charge in [-0.3, -0.25) is 4.57 Å². The summed E-state index contributed by atoms with van der Waals surface area (Å²) in [6.45, 7) is 0. The van der Waals surface area contributed by atoms with Crippen LogP contribution in [0.2, 0.25) is 0 Å². The molecule has 0 spiro atoms. The van der Waals surface area contributed by atoms with Crippen LogP contribution in [0.5, 0.6) is 0 Å². The van der Waals surface area contributed by atoms with Gasteiger partial charge in [0.2, 0.25) is 0 Å². The van der Waals surface area contributed by atoms with E-state index in [0.29, 0.717) is 6.42 Å². The second-order valence-corrected chi connectivity index (χ2v) is 7.59. The third-order valence-electron chi connectivity index (χ3n) is 3.92. The zero-order chi connectivity index (χ0) is 17.7. The van der Waals surface area contributed by atoms with Crippen molar-refractivity contribution in [2.24, 2.45) is 0 Å². The van der Waals surface area contributed by atoms with Crippen LogP contribution in [0.15, 0.2) is 84.9 Å². The summed E-state index contributed by atoms with van der Waals surface area (Å²) in [7, 11) is -3.97. The molecule has 0 radical (unpaired) electrons. The summed E-state index contributed by atoms with van der Waals surface area (Å²) in [6, 6.07) is 28.0. The summed E-state index contributed by atoms with van der Waals surface area (Å²) in [5.74, 6) is 0. The van der Waals surface area contributed by atoms with Crippen LogP contribution in [0.25, 0.3) is 0 Å². The van der Waals surface area contributed by atoms with E-state index in [-0.39, 0.29) is 6.16 Å². The van der Waals surface area contributed by atoms with E-state index in [2.05, 4.69) is 29.2 Å². The maximum absolute atomic E-state index is 11.0. The van der Waals surface area contributed by atoms with Crippen LogP contribution >= 0.6 is 7.60 Å². The summed E-state index contributed by atoms with van der Waals surface area (Å²) >= 11 is 0. The van der Waals surface area contributed by atoms with E-state index in [9.17, 15) is 4.57 Å². The highest BCUT2D eigenvalue weighted by Crippen LogP contribution is 2.36. The van der Waals surface area contributed by atoms with Gasteiger partial charge < -0.3 is 14.7 Å². The average Bonchev–Trinajstić information content (AvgIpc) is 2.62. The molecule has 0 aliphatic rings. The minimum absolute atomic E-state index is 0.132. The van der Waals surface area contributed by atoms with Gasteiger partial charge in [-0.05, 0) is 48.4 Å². The molecule has 3 aromatic rings. The Labute approximate surface area is 147 Å². The first-order chi connectivity index (χ1) is 12.0. The predicted molar refractivity (Wildman–Crippen MR) is 102 cm³/mol. The van der Waals surface area contributed by atoms with E-state index in [4.69, 9.17) is 9.79 Å². The molecule has 5 heteroatoms. The fourth-order valence-corrected chi connectivity index (χ4v) is 3.24. The van der Waals surface area contributed by atoms with Crippen molar-refractivity contribution in [2.75, 3.05) is 11.1 Å². The molecule has 0 saturated carbocycles. The lowest BCUT2D eigenvalue weighted by molar-refractivity contribution is 0.373. The van der Waals surface area contributed by atoms with Crippen LogP contribution in [-0.4, -0.2) is 15.9 Å². The van der Waals surface area contributed by atoms with E-state index >= 15 is 0 Å². The van der Waals surface area contributed by atoms with E-state index < -0.39 is 7.60 Å². The monoisotopic (exact) mass is 353 g/mol. The van der Waals surface area contributed by atoms with Gasteiger partial charge in [0.05, 0.1) is 6.16 Å². The van der Waals surface area contributed by atoms with Gasteiger partial charge in [0.25, 0.3) is 0 Å². The van der Waals surface area contributed by atoms with Crippen molar-refractivity contribution in [3.05, 3.63) is 90.5 Å². The second kappa shape index (κ2) is 7.66. The fraction of sp³-hybridized carbons (Fsp3) is 0.100. The number of anilines is 3. The van der Waals surface area contributed by atoms with Gasteiger partial charge in [-0.2, -0.15) is 0 Å². The fourth-order valence-electron chi connectivity index (χ4n) is 2.69. The molecule has 0 heterocycles. The Morgan fingerprint density at radius 2 is 1.12 bits per heavy atom. The second-order valence-electron chi connectivity index (χ2n) is 5.81. The normalized spacial score (nSPS) is 11.3. The highest BCUT2D eigenvalue weighted by molar-refractivity contribution is 7.51. The molecule has 3 rings (SSSR count). The van der Waals surface area contributed by atoms with Crippen LogP contribution < -0.4 is 4.90 Å². The summed E-state index contributed by atoms with van der Waals surface area (Å²) in [5.41, 5.74) is 4.01. The van der Waals surface area contributed by atoms with Gasteiger partial charge in [0.1, 0.15) is 0 Å². The highest BCUT2D eigenvalue weighted by atomic mass is 31.2. The van der Waals surface area contributed by atoms with Crippen molar-refractivity contribution < 1.29 is 14.4 Å². The molecule has 0 unspecified atom stereocenters. The number of benzene rings is 3. The SMILES string of the molecule is O=P(O)(O)CCc1ccc(N(c2ccccc2)c2ccccc2)cc1.